The molecule has 2 N–H and O–H groups in total. The van der Waals surface area contributed by atoms with Crippen molar-refractivity contribution in [2.75, 3.05) is 0 Å². The van der Waals surface area contributed by atoms with Gasteiger partial charge in [0.1, 0.15) is 5.75 Å². The van der Waals surface area contributed by atoms with Gasteiger partial charge in [-0.3, -0.25) is 0 Å². The second-order valence-electron chi connectivity index (χ2n) is 4.08. The van der Waals surface area contributed by atoms with Gasteiger partial charge in [0, 0.05) is 0 Å². The van der Waals surface area contributed by atoms with Crippen molar-refractivity contribution in [1.82, 2.24) is 0 Å². The topological polar surface area (TPSA) is 57.5 Å². The molecule has 0 aliphatic rings. The number of hydrogen-bond donors (Lipinski definition) is 2. The van der Waals surface area contributed by atoms with Crippen LogP contribution < -0.4 is 0 Å². The third-order valence-corrected chi connectivity index (χ3v) is 2.91. The Balaban J connectivity index is 2.50. The number of carboxylic acids is 1. The fraction of sp³-hybridized carbons (Fsp3) is 0.133. The molecule has 0 fully saturated rings. The number of aryl methyl sites for hydroxylation is 1. The van der Waals surface area contributed by atoms with Crippen LogP contribution in [0.15, 0.2) is 42.5 Å². The fourth-order valence-electron chi connectivity index (χ4n) is 1.94. The lowest BCUT2D eigenvalue weighted by Gasteiger charge is -2.09. The Bertz CT molecular complexity index is 571. The molecule has 0 aliphatic carbocycles. The van der Waals surface area contributed by atoms with E-state index in [9.17, 15) is 9.90 Å². The van der Waals surface area contributed by atoms with E-state index in [2.05, 4.69) is 0 Å². The maximum absolute atomic E-state index is 10.9. The van der Waals surface area contributed by atoms with Crippen LogP contribution >= 0.6 is 0 Å². The molecule has 92 valence electrons. The van der Waals surface area contributed by atoms with Crippen LogP contribution in [0.5, 0.6) is 5.75 Å². The highest BCUT2D eigenvalue weighted by Gasteiger charge is 2.08. The number of phenols is 1. The van der Waals surface area contributed by atoms with E-state index >= 15 is 0 Å². The zero-order valence-electron chi connectivity index (χ0n) is 10.1. The van der Waals surface area contributed by atoms with Crippen LogP contribution in [-0.4, -0.2) is 16.2 Å². The first-order valence-electron chi connectivity index (χ1n) is 5.77. The number of carbonyl (C=O) groups is 1. The first-order chi connectivity index (χ1) is 8.61. The summed E-state index contributed by atoms with van der Waals surface area (Å²) in [7, 11) is 0. The average Bonchev–Trinajstić information content (AvgIpc) is 2.39. The van der Waals surface area contributed by atoms with Crippen LogP contribution in [0, 0.1) is 0 Å². The van der Waals surface area contributed by atoms with Gasteiger partial charge in [-0.05, 0) is 47.4 Å². The molecule has 0 saturated heterocycles. The molecule has 3 nitrogen and oxygen atoms in total. The molecule has 0 aliphatic heterocycles. The molecule has 0 unspecified atom stereocenters. The molecular formula is C15H14O3. The molecule has 2 aromatic carbocycles. The summed E-state index contributed by atoms with van der Waals surface area (Å²) < 4.78 is 0. The molecule has 0 radical (unpaired) electrons. The maximum Gasteiger partial charge on any atom is 0.335 e. The first-order valence-corrected chi connectivity index (χ1v) is 5.77. The zero-order valence-corrected chi connectivity index (χ0v) is 10.1. The lowest BCUT2D eigenvalue weighted by Crippen LogP contribution is -1.98. The van der Waals surface area contributed by atoms with E-state index in [4.69, 9.17) is 5.11 Å². The second kappa shape index (κ2) is 4.92. The van der Waals surface area contributed by atoms with Gasteiger partial charge in [-0.1, -0.05) is 25.1 Å². The minimum Gasteiger partial charge on any atom is -0.508 e. The summed E-state index contributed by atoms with van der Waals surface area (Å²) in [5, 5.41) is 18.2. The Morgan fingerprint density at radius 1 is 1.11 bits per heavy atom. The molecule has 18 heavy (non-hydrogen) atoms. The average molecular weight is 242 g/mol. The van der Waals surface area contributed by atoms with Gasteiger partial charge in [-0.15, -0.1) is 0 Å². The Hall–Kier alpha value is -2.29. The molecule has 0 atom stereocenters. The smallest absolute Gasteiger partial charge is 0.335 e. The Morgan fingerprint density at radius 2 is 1.78 bits per heavy atom. The van der Waals surface area contributed by atoms with Crippen molar-refractivity contribution in [3.8, 4) is 16.9 Å². The van der Waals surface area contributed by atoms with E-state index < -0.39 is 5.97 Å². The molecule has 0 saturated carbocycles. The van der Waals surface area contributed by atoms with Crippen molar-refractivity contribution in [2.45, 2.75) is 13.3 Å². The van der Waals surface area contributed by atoms with Gasteiger partial charge in [0.2, 0.25) is 0 Å². The lowest BCUT2D eigenvalue weighted by molar-refractivity contribution is 0.0697. The van der Waals surface area contributed by atoms with Gasteiger partial charge in [-0.2, -0.15) is 0 Å². The number of carboxylic acid groups (broad SMARTS) is 1. The quantitative estimate of drug-likeness (QED) is 0.868. The Morgan fingerprint density at radius 3 is 2.33 bits per heavy atom. The van der Waals surface area contributed by atoms with Gasteiger partial charge in [0.05, 0.1) is 5.56 Å². The number of aromatic hydroxyl groups is 1. The van der Waals surface area contributed by atoms with Crippen LogP contribution in [0.1, 0.15) is 22.8 Å². The summed E-state index contributed by atoms with van der Waals surface area (Å²) in [6.07, 6.45) is 0.761. The van der Waals surface area contributed by atoms with Gasteiger partial charge in [-0.25, -0.2) is 4.79 Å². The third kappa shape index (κ3) is 2.35. The molecule has 0 spiro atoms. The normalized spacial score (nSPS) is 10.3. The summed E-state index contributed by atoms with van der Waals surface area (Å²) in [6.45, 7) is 1.99. The van der Waals surface area contributed by atoms with Crippen molar-refractivity contribution < 1.29 is 15.0 Å². The number of benzene rings is 2. The predicted octanol–water partition coefficient (Wildman–Crippen LogP) is 3.32. The summed E-state index contributed by atoms with van der Waals surface area (Å²) in [5.74, 6) is -0.694. The van der Waals surface area contributed by atoms with Gasteiger partial charge >= 0.3 is 5.97 Å². The number of phenolic OH excluding ortho intramolecular Hbond substituents is 1. The Labute approximate surface area is 105 Å². The second-order valence-corrected chi connectivity index (χ2v) is 4.08. The molecule has 0 heterocycles. The molecule has 0 aromatic heterocycles. The monoisotopic (exact) mass is 242 g/mol. The highest BCUT2D eigenvalue weighted by atomic mass is 16.4. The summed E-state index contributed by atoms with van der Waals surface area (Å²) in [4.78, 5) is 10.9. The van der Waals surface area contributed by atoms with Crippen molar-refractivity contribution in [3.05, 3.63) is 53.6 Å². The third-order valence-electron chi connectivity index (χ3n) is 2.91. The van der Waals surface area contributed by atoms with E-state index in [0.717, 1.165) is 23.1 Å². The van der Waals surface area contributed by atoms with E-state index in [1.54, 1.807) is 24.3 Å². The van der Waals surface area contributed by atoms with Crippen LogP contribution in [-0.2, 0) is 6.42 Å². The number of rotatable bonds is 3. The van der Waals surface area contributed by atoms with Crippen molar-refractivity contribution in [1.29, 1.82) is 0 Å². The molecule has 0 bridgehead atoms. The number of hydrogen-bond acceptors (Lipinski definition) is 2. The fourth-order valence-corrected chi connectivity index (χ4v) is 1.94. The molecule has 2 aromatic rings. The van der Waals surface area contributed by atoms with Crippen molar-refractivity contribution in [2.24, 2.45) is 0 Å². The molecular weight excluding hydrogens is 228 g/mol. The number of aromatic carboxylic acids is 1. The minimum absolute atomic E-state index is 0.221. The molecule has 2 rings (SSSR count). The van der Waals surface area contributed by atoms with Crippen LogP contribution in [0.2, 0.25) is 0 Å². The lowest BCUT2D eigenvalue weighted by atomic mass is 9.96. The molecule has 0 amide bonds. The summed E-state index contributed by atoms with van der Waals surface area (Å²) >= 11 is 0. The zero-order chi connectivity index (χ0) is 13.1. The Kier molecular flexibility index (Phi) is 3.33. The SMILES string of the molecule is CCc1cc(C(=O)O)ccc1-c1ccc(O)cc1. The summed E-state index contributed by atoms with van der Waals surface area (Å²) in [6, 6.07) is 12.0. The van der Waals surface area contributed by atoms with Crippen molar-refractivity contribution in [3.63, 3.8) is 0 Å². The van der Waals surface area contributed by atoms with E-state index in [1.165, 1.54) is 0 Å². The van der Waals surface area contributed by atoms with E-state index in [1.807, 2.05) is 25.1 Å². The standard InChI is InChI=1S/C15H14O3/c1-2-10-9-12(15(17)18)5-8-14(10)11-3-6-13(16)7-4-11/h3-9,16H,2H2,1H3,(H,17,18). The van der Waals surface area contributed by atoms with Crippen LogP contribution in [0.3, 0.4) is 0 Å². The molecule has 3 heteroatoms. The highest BCUT2D eigenvalue weighted by molar-refractivity contribution is 5.89. The minimum atomic E-state index is -0.915. The first kappa shape index (κ1) is 12.2. The van der Waals surface area contributed by atoms with Crippen molar-refractivity contribution >= 4 is 5.97 Å². The van der Waals surface area contributed by atoms with Gasteiger partial charge < -0.3 is 10.2 Å². The van der Waals surface area contributed by atoms with Gasteiger partial charge in [0.15, 0.2) is 0 Å². The maximum atomic E-state index is 10.9. The predicted molar refractivity (Wildman–Crippen MR) is 69.9 cm³/mol. The van der Waals surface area contributed by atoms with Crippen LogP contribution in [0.4, 0.5) is 0 Å². The highest BCUT2D eigenvalue weighted by Crippen LogP contribution is 2.26. The van der Waals surface area contributed by atoms with E-state index in [0.29, 0.717) is 5.56 Å². The largest absolute Gasteiger partial charge is 0.508 e. The van der Waals surface area contributed by atoms with Crippen LogP contribution in [0.25, 0.3) is 11.1 Å². The van der Waals surface area contributed by atoms with Gasteiger partial charge in [0.25, 0.3) is 0 Å². The summed E-state index contributed by atoms with van der Waals surface area (Å²) in [5.41, 5.74) is 3.26. The van der Waals surface area contributed by atoms with E-state index in [-0.39, 0.29) is 5.75 Å².